The molecule has 1 aromatic rings. The van der Waals surface area contributed by atoms with Crippen molar-refractivity contribution in [3.63, 3.8) is 0 Å². The molecule has 0 aliphatic carbocycles. The standard InChI is InChI=1S/C9H8F4N2O/c1-15(9(16)8(12)13)7-4(10)2-3-5(14)6(7)11/h2-3,8H,14H2,1H3. The Kier molecular flexibility index (Phi) is 3.36. The van der Waals surface area contributed by atoms with Crippen LogP contribution in [0.5, 0.6) is 0 Å². The van der Waals surface area contributed by atoms with Crippen LogP contribution >= 0.6 is 0 Å². The molecule has 88 valence electrons. The molecule has 0 heterocycles. The zero-order valence-electron chi connectivity index (χ0n) is 8.18. The molecule has 0 atom stereocenters. The number of hydrogen-bond donors (Lipinski definition) is 1. The van der Waals surface area contributed by atoms with E-state index in [-0.39, 0.29) is 4.90 Å². The monoisotopic (exact) mass is 236 g/mol. The van der Waals surface area contributed by atoms with Crippen LogP contribution in [0.2, 0.25) is 0 Å². The van der Waals surface area contributed by atoms with Gasteiger partial charge in [-0.1, -0.05) is 0 Å². The Morgan fingerprint density at radius 1 is 1.38 bits per heavy atom. The molecule has 16 heavy (non-hydrogen) atoms. The number of alkyl halides is 2. The molecule has 0 spiro atoms. The van der Waals surface area contributed by atoms with Gasteiger partial charge in [-0.3, -0.25) is 4.79 Å². The number of halogens is 4. The van der Waals surface area contributed by atoms with Crippen molar-refractivity contribution in [1.82, 2.24) is 0 Å². The van der Waals surface area contributed by atoms with Crippen molar-refractivity contribution in [2.24, 2.45) is 0 Å². The normalized spacial score (nSPS) is 10.6. The Labute approximate surface area is 88.4 Å². The maximum atomic E-state index is 13.3. The number of anilines is 2. The molecule has 0 aliphatic rings. The van der Waals surface area contributed by atoms with E-state index in [9.17, 15) is 22.4 Å². The van der Waals surface area contributed by atoms with Crippen molar-refractivity contribution in [1.29, 1.82) is 0 Å². The second-order valence-corrected chi connectivity index (χ2v) is 3.00. The lowest BCUT2D eigenvalue weighted by atomic mass is 10.2. The molecule has 0 unspecified atom stereocenters. The predicted molar refractivity (Wildman–Crippen MR) is 50.2 cm³/mol. The van der Waals surface area contributed by atoms with Crippen molar-refractivity contribution in [2.75, 3.05) is 17.7 Å². The second-order valence-electron chi connectivity index (χ2n) is 3.00. The highest BCUT2D eigenvalue weighted by Crippen LogP contribution is 2.27. The number of nitrogens with two attached hydrogens (primary N) is 1. The van der Waals surface area contributed by atoms with Gasteiger partial charge in [-0.05, 0) is 12.1 Å². The van der Waals surface area contributed by atoms with Gasteiger partial charge in [-0.15, -0.1) is 0 Å². The van der Waals surface area contributed by atoms with Gasteiger partial charge in [0.1, 0.15) is 11.5 Å². The summed E-state index contributed by atoms with van der Waals surface area (Å²) in [5.74, 6) is -4.08. The lowest BCUT2D eigenvalue weighted by Crippen LogP contribution is -2.33. The molecule has 0 aromatic heterocycles. The van der Waals surface area contributed by atoms with Crippen LogP contribution in [-0.4, -0.2) is 19.4 Å². The van der Waals surface area contributed by atoms with E-state index in [2.05, 4.69) is 0 Å². The molecular weight excluding hydrogens is 228 g/mol. The zero-order valence-corrected chi connectivity index (χ0v) is 8.18. The SMILES string of the molecule is CN(C(=O)C(F)F)c1c(F)ccc(N)c1F. The van der Waals surface area contributed by atoms with Crippen molar-refractivity contribution < 1.29 is 22.4 Å². The molecule has 0 saturated carbocycles. The molecular formula is C9H8F4N2O. The fourth-order valence-electron chi connectivity index (χ4n) is 1.12. The molecule has 1 rings (SSSR count). The van der Waals surface area contributed by atoms with E-state index in [0.29, 0.717) is 0 Å². The number of amides is 1. The highest BCUT2D eigenvalue weighted by molar-refractivity contribution is 5.95. The van der Waals surface area contributed by atoms with Crippen molar-refractivity contribution in [3.05, 3.63) is 23.8 Å². The number of nitrogens with zero attached hydrogens (tertiary/aromatic N) is 1. The first kappa shape index (κ1) is 12.3. The van der Waals surface area contributed by atoms with Crippen LogP contribution in [0.25, 0.3) is 0 Å². The Morgan fingerprint density at radius 3 is 2.44 bits per heavy atom. The summed E-state index contributed by atoms with van der Waals surface area (Å²) in [4.78, 5) is 11.1. The predicted octanol–water partition coefficient (Wildman–Crippen LogP) is 1.77. The van der Waals surface area contributed by atoms with E-state index in [4.69, 9.17) is 5.73 Å². The van der Waals surface area contributed by atoms with Crippen LogP contribution in [0, 0.1) is 11.6 Å². The minimum absolute atomic E-state index is 0.200. The van der Waals surface area contributed by atoms with Gasteiger partial charge in [0, 0.05) is 7.05 Å². The van der Waals surface area contributed by atoms with E-state index < -0.39 is 35.3 Å². The quantitative estimate of drug-likeness (QED) is 0.628. The summed E-state index contributed by atoms with van der Waals surface area (Å²) in [5, 5.41) is 0. The first-order valence-corrected chi connectivity index (χ1v) is 4.15. The molecule has 1 amide bonds. The van der Waals surface area contributed by atoms with Crippen LogP contribution in [0.1, 0.15) is 0 Å². The van der Waals surface area contributed by atoms with Crippen molar-refractivity contribution in [2.45, 2.75) is 6.43 Å². The highest BCUT2D eigenvalue weighted by atomic mass is 19.3. The molecule has 7 heteroatoms. The maximum Gasteiger partial charge on any atom is 0.316 e. The van der Waals surface area contributed by atoms with Gasteiger partial charge in [-0.25, -0.2) is 8.78 Å². The van der Waals surface area contributed by atoms with Crippen LogP contribution in [0.4, 0.5) is 28.9 Å². The third-order valence-corrected chi connectivity index (χ3v) is 1.95. The Morgan fingerprint density at radius 2 is 1.94 bits per heavy atom. The molecule has 0 aliphatic heterocycles. The Balaban J connectivity index is 3.23. The average molecular weight is 236 g/mol. The number of carbonyl (C=O) groups excluding carboxylic acids is 1. The minimum atomic E-state index is -3.34. The van der Waals surface area contributed by atoms with E-state index >= 15 is 0 Å². The number of carbonyl (C=O) groups is 1. The third-order valence-electron chi connectivity index (χ3n) is 1.95. The van der Waals surface area contributed by atoms with Crippen molar-refractivity contribution in [3.8, 4) is 0 Å². The summed E-state index contributed by atoms with van der Waals surface area (Å²) in [6, 6.07) is 1.73. The number of hydrogen-bond acceptors (Lipinski definition) is 2. The van der Waals surface area contributed by atoms with E-state index in [1.54, 1.807) is 0 Å². The van der Waals surface area contributed by atoms with Gasteiger partial charge in [-0.2, -0.15) is 8.78 Å². The van der Waals surface area contributed by atoms with Gasteiger partial charge in [0.15, 0.2) is 5.82 Å². The van der Waals surface area contributed by atoms with Crippen LogP contribution in [0.15, 0.2) is 12.1 Å². The van der Waals surface area contributed by atoms with E-state index in [1.165, 1.54) is 0 Å². The fourth-order valence-corrected chi connectivity index (χ4v) is 1.12. The number of nitrogen functional groups attached to an aromatic ring is 1. The van der Waals surface area contributed by atoms with Gasteiger partial charge in [0.2, 0.25) is 0 Å². The largest absolute Gasteiger partial charge is 0.396 e. The summed E-state index contributed by atoms with van der Waals surface area (Å²) in [5.41, 5.74) is 3.83. The number of benzene rings is 1. The van der Waals surface area contributed by atoms with Crippen molar-refractivity contribution >= 4 is 17.3 Å². The smallest absolute Gasteiger partial charge is 0.316 e. The Bertz CT molecular complexity index is 422. The van der Waals surface area contributed by atoms with Gasteiger partial charge in [0.25, 0.3) is 5.91 Å². The van der Waals surface area contributed by atoms with Gasteiger partial charge in [0.05, 0.1) is 5.69 Å². The lowest BCUT2D eigenvalue weighted by Gasteiger charge is -2.18. The molecule has 0 fully saturated rings. The van der Waals surface area contributed by atoms with E-state index in [0.717, 1.165) is 19.2 Å². The summed E-state index contributed by atoms with van der Waals surface area (Å²) in [7, 11) is 0.843. The molecule has 0 radical (unpaired) electrons. The Hall–Kier alpha value is -1.79. The summed E-state index contributed by atoms with van der Waals surface area (Å²) < 4.78 is 50.6. The van der Waals surface area contributed by atoms with Crippen LogP contribution in [-0.2, 0) is 4.79 Å². The van der Waals surface area contributed by atoms with E-state index in [1.807, 2.05) is 0 Å². The maximum absolute atomic E-state index is 13.3. The fraction of sp³-hybridized carbons (Fsp3) is 0.222. The summed E-state index contributed by atoms with van der Waals surface area (Å²) in [6.45, 7) is 0. The van der Waals surface area contributed by atoms with Gasteiger partial charge >= 0.3 is 6.43 Å². The average Bonchev–Trinajstić information content (AvgIpc) is 2.22. The summed E-state index contributed by atoms with van der Waals surface area (Å²) >= 11 is 0. The molecule has 0 saturated heterocycles. The van der Waals surface area contributed by atoms with Crippen LogP contribution in [0.3, 0.4) is 0 Å². The third kappa shape index (κ3) is 2.07. The van der Waals surface area contributed by atoms with Crippen LogP contribution < -0.4 is 10.6 Å². The lowest BCUT2D eigenvalue weighted by molar-refractivity contribution is -0.128. The topological polar surface area (TPSA) is 46.3 Å². The first-order chi connectivity index (χ1) is 7.36. The molecule has 2 N–H and O–H groups in total. The zero-order chi connectivity index (χ0) is 12.5. The second kappa shape index (κ2) is 4.38. The summed E-state index contributed by atoms with van der Waals surface area (Å²) in [6.07, 6.45) is -3.34. The minimum Gasteiger partial charge on any atom is -0.396 e. The highest BCUT2D eigenvalue weighted by Gasteiger charge is 2.26. The van der Waals surface area contributed by atoms with Gasteiger partial charge < -0.3 is 10.6 Å². The molecule has 0 bridgehead atoms. The molecule has 1 aromatic carbocycles. The first-order valence-electron chi connectivity index (χ1n) is 4.15. The number of rotatable bonds is 2. The molecule has 3 nitrogen and oxygen atoms in total.